The Morgan fingerprint density at radius 2 is 1.96 bits per heavy atom. The summed E-state index contributed by atoms with van der Waals surface area (Å²) < 4.78 is 6.36. The summed E-state index contributed by atoms with van der Waals surface area (Å²) in [6.45, 7) is 2.55. The SMILES string of the molecule is CCOc1ccc(/C=N\NC(=O)c2cc(-c3ccc(Br)cc3)n[nH]2)cc1. The summed E-state index contributed by atoms with van der Waals surface area (Å²) >= 11 is 3.39. The van der Waals surface area contributed by atoms with Gasteiger partial charge in [-0.3, -0.25) is 9.89 Å². The smallest absolute Gasteiger partial charge is 0.289 e. The lowest BCUT2D eigenvalue weighted by molar-refractivity contribution is 0.0950. The Hall–Kier alpha value is -2.93. The molecule has 1 amide bonds. The summed E-state index contributed by atoms with van der Waals surface area (Å²) in [6.07, 6.45) is 1.57. The van der Waals surface area contributed by atoms with Crippen LogP contribution in [0.5, 0.6) is 5.75 Å². The molecule has 0 saturated heterocycles. The van der Waals surface area contributed by atoms with E-state index in [1.165, 1.54) is 0 Å². The molecule has 1 aromatic heterocycles. The molecule has 26 heavy (non-hydrogen) atoms. The Labute approximate surface area is 159 Å². The second kappa shape index (κ2) is 8.44. The van der Waals surface area contributed by atoms with Crippen LogP contribution in [0.3, 0.4) is 0 Å². The largest absolute Gasteiger partial charge is 0.494 e. The average molecular weight is 413 g/mol. The molecule has 0 saturated carbocycles. The van der Waals surface area contributed by atoms with Gasteiger partial charge in [0.05, 0.1) is 18.5 Å². The molecule has 3 aromatic rings. The van der Waals surface area contributed by atoms with E-state index >= 15 is 0 Å². The summed E-state index contributed by atoms with van der Waals surface area (Å²) in [4.78, 5) is 12.1. The van der Waals surface area contributed by atoms with Gasteiger partial charge in [0, 0.05) is 10.0 Å². The van der Waals surface area contributed by atoms with Crippen molar-refractivity contribution in [1.82, 2.24) is 15.6 Å². The van der Waals surface area contributed by atoms with Gasteiger partial charge < -0.3 is 4.74 Å². The summed E-state index contributed by atoms with van der Waals surface area (Å²) in [5, 5.41) is 10.9. The van der Waals surface area contributed by atoms with Crippen LogP contribution in [-0.4, -0.2) is 28.9 Å². The molecule has 132 valence electrons. The van der Waals surface area contributed by atoms with Crippen LogP contribution in [0.2, 0.25) is 0 Å². The van der Waals surface area contributed by atoms with Gasteiger partial charge in [-0.1, -0.05) is 28.1 Å². The first-order chi connectivity index (χ1) is 12.7. The fraction of sp³-hybridized carbons (Fsp3) is 0.105. The van der Waals surface area contributed by atoms with E-state index in [1.807, 2.05) is 55.5 Å². The highest BCUT2D eigenvalue weighted by Crippen LogP contribution is 2.20. The van der Waals surface area contributed by atoms with Crippen LogP contribution >= 0.6 is 15.9 Å². The molecular formula is C19H17BrN4O2. The number of nitrogens with zero attached hydrogens (tertiary/aromatic N) is 2. The molecule has 2 aromatic carbocycles. The number of benzene rings is 2. The summed E-state index contributed by atoms with van der Waals surface area (Å²) in [6, 6.07) is 16.8. The maximum Gasteiger partial charge on any atom is 0.289 e. The topological polar surface area (TPSA) is 79.4 Å². The van der Waals surface area contributed by atoms with Gasteiger partial charge in [0.1, 0.15) is 11.4 Å². The van der Waals surface area contributed by atoms with E-state index in [0.717, 1.165) is 21.3 Å². The van der Waals surface area contributed by atoms with Gasteiger partial charge >= 0.3 is 0 Å². The summed E-state index contributed by atoms with van der Waals surface area (Å²) in [5.74, 6) is 0.440. The molecular weight excluding hydrogens is 396 g/mol. The second-order valence-corrected chi connectivity index (χ2v) is 6.29. The van der Waals surface area contributed by atoms with Crippen molar-refractivity contribution in [2.24, 2.45) is 5.10 Å². The van der Waals surface area contributed by atoms with Crippen molar-refractivity contribution in [3.63, 3.8) is 0 Å². The third-order valence-electron chi connectivity index (χ3n) is 3.53. The number of amides is 1. The molecule has 0 aliphatic heterocycles. The predicted molar refractivity (Wildman–Crippen MR) is 104 cm³/mol. The number of aromatic nitrogens is 2. The number of aromatic amines is 1. The highest BCUT2D eigenvalue weighted by atomic mass is 79.9. The number of hydrazone groups is 1. The first kappa shape index (κ1) is 17.9. The first-order valence-corrected chi connectivity index (χ1v) is 8.82. The maximum absolute atomic E-state index is 12.1. The molecule has 0 aliphatic carbocycles. The van der Waals surface area contributed by atoms with E-state index in [1.54, 1.807) is 12.3 Å². The molecule has 0 bridgehead atoms. The molecule has 1 heterocycles. The van der Waals surface area contributed by atoms with Crippen molar-refractivity contribution >= 4 is 28.1 Å². The number of carbonyl (C=O) groups excluding carboxylic acids is 1. The molecule has 0 atom stereocenters. The summed E-state index contributed by atoms with van der Waals surface area (Å²) in [7, 11) is 0. The van der Waals surface area contributed by atoms with Crippen molar-refractivity contribution in [2.45, 2.75) is 6.92 Å². The Morgan fingerprint density at radius 1 is 1.23 bits per heavy atom. The van der Waals surface area contributed by atoms with Crippen LogP contribution < -0.4 is 10.2 Å². The summed E-state index contributed by atoms with van der Waals surface area (Å²) in [5.41, 5.74) is 5.29. The first-order valence-electron chi connectivity index (χ1n) is 8.03. The zero-order valence-electron chi connectivity index (χ0n) is 14.1. The molecule has 0 spiro atoms. The normalized spacial score (nSPS) is 10.8. The van der Waals surface area contributed by atoms with Crippen LogP contribution in [-0.2, 0) is 0 Å². The molecule has 0 aliphatic rings. The van der Waals surface area contributed by atoms with E-state index in [-0.39, 0.29) is 5.91 Å². The zero-order chi connectivity index (χ0) is 18.4. The zero-order valence-corrected chi connectivity index (χ0v) is 15.7. The molecule has 0 unspecified atom stereocenters. The molecule has 2 N–H and O–H groups in total. The van der Waals surface area contributed by atoms with E-state index in [4.69, 9.17) is 4.74 Å². The van der Waals surface area contributed by atoms with Crippen molar-refractivity contribution in [3.8, 4) is 17.0 Å². The Balaban J connectivity index is 1.60. The number of carbonyl (C=O) groups is 1. The predicted octanol–water partition coefficient (Wildman–Crippen LogP) is 4.00. The number of rotatable bonds is 6. The third kappa shape index (κ3) is 4.58. The number of H-pyrrole nitrogens is 1. The number of halogens is 1. The molecule has 6 nitrogen and oxygen atoms in total. The average Bonchev–Trinajstić information content (AvgIpc) is 3.14. The third-order valence-corrected chi connectivity index (χ3v) is 4.06. The van der Waals surface area contributed by atoms with Gasteiger partial charge in [0.2, 0.25) is 0 Å². The van der Waals surface area contributed by atoms with E-state index in [2.05, 4.69) is 36.7 Å². The van der Waals surface area contributed by atoms with Crippen molar-refractivity contribution in [3.05, 3.63) is 70.3 Å². The van der Waals surface area contributed by atoms with Gasteiger partial charge in [-0.05, 0) is 55.0 Å². The standard InChI is InChI=1S/C19H17BrN4O2/c1-2-26-16-9-3-13(4-10-16)12-21-24-19(25)18-11-17(22-23-18)14-5-7-15(20)8-6-14/h3-12H,2H2,1H3,(H,22,23)(H,24,25)/b21-12-. The van der Waals surface area contributed by atoms with Gasteiger partial charge in [-0.15, -0.1) is 0 Å². The van der Waals surface area contributed by atoms with Gasteiger partial charge in [0.25, 0.3) is 5.91 Å². The minimum absolute atomic E-state index is 0.340. The van der Waals surface area contributed by atoms with E-state index in [0.29, 0.717) is 18.0 Å². The van der Waals surface area contributed by atoms with Gasteiger partial charge in [-0.2, -0.15) is 10.2 Å². The van der Waals surface area contributed by atoms with Crippen molar-refractivity contribution < 1.29 is 9.53 Å². The quantitative estimate of drug-likeness (QED) is 0.474. The van der Waals surface area contributed by atoms with Crippen LogP contribution in [0.4, 0.5) is 0 Å². The maximum atomic E-state index is 12.1. The molecule has 0 fully saturated rings. The molecule has 7 heteroatoms. The Kier molecular flexibility index (Phi) is 5.80. The van der Waals surface area contributed by atoms with Gasteiger partial charge in [-0.25, -0.2) is 5.43 Å². The Morgan fingerprint density at radius 3 is 2.65 bits per heavy atom. The number of ether oxygens (including phenoxy) is 1. The van der Waals surface area contributed by atoms with Crippen LogP contribution in [0.15, 0.2) is 64.2 Å². The van der Waals surface area contributed by atoms with Crippen LogP contribution in [0.25, 0.3) is 11.3 Å². The fourth-order valence-corrected chi connectivity index (χ4v) is 2.51. The van der Waals surface area contributed by atoms with Crippen LogP contribution in [0.1, 0.15) is 23.0 Å². The molecule has 0 radical (unpaired) electrons. The minimum Gasteiger partial charge on any atom is -0.494 e. The Bertz CT molecular complexity index is 902. The van der Waals surface area contributed by atoms with Crippen LogP contribution in [0, 0.1) is 0 Å². The monoisotopic (exact) mass is 412 g/mol. The second-order valence-electron chi connectivity index (χ2n) is 5.37. The number of hydrogen-bond donors (Lipinski definition) is 2. The highest BCUT2D eigenvalue weighted by Gasteiger charge is 2.10. The lowest BCUT2D eigenvalue weighted by atomic mass is 10.1. The number of nitrogens with one attached hydrogen (secondary N) is 2. The number of hydrogen-bond acceptors (Lipinski definition) is 4. The van der Waals surface area contributed by atoms with E-state index < -0.39 is 0 Å². The highest BCUT2D eigenvalue weighted by molar-refractivity contribution is 9.10. The lowest BCUT2D eigenvalue weighted by Gasteiger charge is -2.02. The molecule has 3 rings (SSSR count). The van der Waals surface area contributed by atoms with Gasteiger partial charge in [0.15, 0.2) is 0 Å². The van der Waals surface area contributed by atoms with E-state index in [9.17, 15) is 4.79 Å². The minimum atomic E-state index is -0.358. The van der Waals surface area contributed by atoms with Crippen molar-refractivity contribution in [1.29, 1.82) is 0 Å². The fourth-order valence-electron chi connectivity index (χ4n) is 2.25. The lowest BCUT2D eigenvalue weighted by Crippen LogP contribution is -2.17. The van der Waals surface area contributed by atoms with Crippen molar-refractivity contribution in [2.75, 3.05) is 6.61 Å².